The van der Waals surface area contributed by atoms with Crippen molar-refractivity contribution in [1.82, 2.24) is 10.3 Å². The summed E-state index contributed by atoms with van der Waals surface area (Å²) in [4.78, 5) is 26.5. The molecule has 6 nitrogen and oxygen atoms in total. The average molecular weight is 263 g/mol. The molecule has 1 aliphatic carbocycles. The van der Waals surface area contributed by atoms with Crippen LogP contribution in [0.5, 0.6) is 0 Å². The summed E-state index contributed by atoms with van der Waals surface area (Å²) < 4.78 is 0. The van der Waals surface area contributed by atoms with Crippen molar-refractivity contribution in [2.45, 2.75) is 32.2 Å². The number of hydrogen-bond acceptors (Lipinski definition) is 4. The number of anilines is 1. The molecule has 102 valence electrons. The second kappa shape index (κ2) is 5.69. The van der Waals surface area contributed by atoms with Crippen LogP contribution >= 0.6 is 0 Å². The number of aromatic nitrogens is 1. The normalized spacial score (nSPS) is 13.9. The maximum absolute atomic E-state index is 11.5. The van der Waals surface area contributed by atoms with Crippen LogP contribution in [0.25, 0.3) is 0 Å². The van der Waals surface area contributed by atoms with Crippen molar-refractivity contribution >= 4 is 17.6 Å². The van der Waals surface area contributed by atoms with Crippen LogP contribution in [-0.2, 0) is 4.79 Å². The summed E-state index contributed by atoms with van der Waals surface area (Å²) in [7, 11) is 0. The predicted octanol–water partition coefficient (Wildman–Crippen LogP) is 1.17. The minimum Gasteiger partial charge on any atom is -0.478 e. The fraction of sp³-hybridized carbons (Fsp3) is 0.462. The summed E-state index contributed by atoms with van der Waals surface area (Å²) in [6, 6.07) is 2.02. The number of carboxylic acids is 1. The second-order valence-electron chi connectivity index (χ2n) is 4.69. The number of carboxylic acid groups (broad SMARTS) is 1. The van der Waals surface area contributed by atoms with Gasteiger partial charge in [0.15, 0.2) is 0 Å². The van der Waals surface area contributed by atoms with Gasteiger partial charge < -0.3 is 15.7 Å². The Morgan fingerprint density at radius 2 is 2.21 bits per heavy atom. The van der Waals surface area contributed by atoms with E-state index in [2.05, 4.69) is 15.6 Å². The first-order valence-electron chi connectivity index (χ1n) is 6.29. The van der Waals surface area contributed by atoms with Gasteiger partial charge in [0, 0.05) is 30.9 Å². The van der Waals surface area contributed by atoms with Crippen molar-refractivity contribution in [3.63, 3.8) is 0 Å². The van der Waals surface area contributed by atoms with E-state index in [1.807, 2.05) is 0 Å². The Hall–Kier alpha value is -2.11. The van der Waals surface area contributed by atoms with Gasteiger partial charge in [-0.3, -0.25) is 9.78 Å². The van der Waals surface area contributed by atoms with E-state index in [1.54, 1.807) is 13.0 Å². The maximum Gasteiger partial charge on any atom is 0.339 e. The summed E-state index contributed by atoms with van der Waals surface area (Å²) in [6.45, 7) is 2.19. The molecule has 1 aromatic heterocycles. The molecule has 3 N–H and O–H groups in total. The maximum atomic E-state index is 11.5. The number of amides is 1. The molecule has 1 saturated carbocycles. The zero-order chi connectivity index (χ0) is 13.8. The highest BCUT2D eigenvalue weighted by molar-refractivity contribution is 5.93. The van der Waals surface area contributed by atoms with Crippen molar-refractivity contribution < 1.29 is 14.7 Å². The van der Waals surface area contributed by atoms with Crippen LogP contribution in [-0.4, -0.2) is 34.6 Å². The van der Waals surface area contributed by atoms with E-state index in [-0.39, 0.29) is 11.5 Å². The Balaban J connectivity index is 1.88. The van der Waals surface area contributed by atoms with Gasteiger partial charge in [-0.1, -0.05) is 0 Å². The van der Waals surface area contributed by atoms with Crippen LogP contribution in [0.2, 0.25) is 0 Å². The molecule has 1 fully saturated rings. The van der Waals surface area contributed by atoms with Gasteiger partial charge in [0.25, 0.3) is 0 Å². The lowest BCUT2D eigenvalue weighted by Gasteiger charge is -2.10. The molecule has 0 unspecified atom stereocenters. The highest BCUT2D eigenvalue weighted by Gasteiger charge is 2.22. The number of carbonyl (C=O) groups excluding carboxylic acids is 1. The zero-order valence-electron chi connectivity index (χ0n) is 10.8. The number of aromatic carboxylic acids is 1. The van der Waals surface area contributed by atoms with Crippen molar-refractivity contribution in [2.75, 3.05) is 11.9 Å². The van der Waals surface area contributed by atoms with Crippen molar-refractivity contribution in [2.24, 2.45) is 0 Å². The topological polar surface area (TPSA) is 91.3 Å². The van der Waals surface area contributed by atoms with Crippen LogP contribution in [0.4, 0.5) is 5.69 Å². The van der Waals surface area contributed by atoms with Crippen molar-refractivity contribution in [3.05, 3.63) is 23.5 Å². The molecule has 1 amide bonds. The van der Waals surface area contributed by atoms with E-state index < -0.39 is 5.97 Å². The average Bonchev–Trinajstić information content (AvgIpc) is 3.12. The third kappa shape index (κ3) is 3.94. The lowest BCUT2D eigenvalue weighted by atomic mass is 10.2. The van der Waals surface area contributed by atoms with Gasteiger partial charge in [-0.15, -0.1) is 0 Å². The summed E-state index contributed by atoms with van der Waals surface area (Å²) in [6.07, 6.45) is 3.78. The van der Waals surface area contributed by atoms with Crippen LogP contribution in [0.3, 0.4) is 0 Å². The molecule has 6 heteroatoms. The third-order valence-electron chi connectivity index (χ3n) is 2.88. The Morgan fingerprint density at radius 1 is 1.47 bits per heavy atom. The molecule has 0 aromatic carbocycles. The lowest BCUT2D eigenvalue weighted by molar-refractivity contribution is -0.120. The molecule has 0 bridgehead atoms. The van der Waals surface area contributed by atoms with Gasteiger partial charge in [-0.2, -0.15) is 0 Å². The summed E-state index contributed by atoms with van der Waals surface area (Å²) in [5, 5.41) is 14.9. The standard InChI is InChI=1S/C13H17N3O3/c1-8-6-11(10(7-15-8)13(18)19)14-5-4-12(17)16-9-2-3-9/h6-7,9H,2-5H2,1H3,(H,14,15)(H,16,17)(H,18,19). The quantitative estimate of drug-likeness (QED) is 0.716. The Labute approximate surface area is 111 Å². The highest BCUT2D eigenvalue weighted by atomic mass is 16.4. The minimum absolute atomic E-state index is 0.00217. The number of carbonyl (C=O) groups is 2. The van der Waals surface area contributed by atoms with Gasteiger partial charge in [0.2, 0.25) is 5.91 Å². The Morgan fingerprint density at radius 3 is 2.84 bits per heavy atom. The molecule has 19 heavy (non-hydrogen) atoms. The van der Waals surface area contributed by atoms with E-state index in [0.29, 0.717) is 24.7 Å². The van der Waals surface area contributed by atoms with Crippen LogP contribution in [0.1, 0.15) is 35.3 Å². The van der Waals surface area contributed by atoms with E-state index >= 15 is 0 Å². The van der Waals surface area contributed by atoms with Gasteiger partial charge in [-0.25, -0.2) is 4.79 Å². The van der Waals surface area contributed by atoms with E-state index in [0.717, 1.165) is 18.5 Å². The van der Waals surface area contributed by atoms with E-state index in [4.69, 9.17) is 5.11 Å². The molecule has 0 saturated heterocycles. The first kappa shape index (κ1) is 13.3. The predicted molar refractivity (Wildman–Crippen MR) is 70.2 cm³/mol. The Kier molecular flexibility index (Phi) is 3.99. The number of nitrogens with zero attached hydrogens (tertiary/aromatic N) is 1. The molecule has 1 heterocycles. The molecule has 0 spiro atoms. The second-order valence-corrected chi connectivity index (χ2v) is 4.69. The molecule has 0 aliphatic heterocycles. The number of rotatable bonds is 6. The fourth-order valence-electron chi connectivity index (χ4n) is 1.71. The van der Waals surface area contributed by atoms with Gasteiger partial charge in [0.1, 0.15) is 5.56 Å². The number of aryl methyl sites for hydroxylation is 1. The molecule has 0 radical (unpaired) electrons. The zero-order valence-corrected chi connectivity index (χ0v) is 10.8. The van der Waals surface area contributed by atoms with E-state index in [9.17, 15) is 9.59 Å². The monoisotopic (exact) mass is 263 g/mol. The lowest BCUT2D eigenvalue weighted by Crippen LogP contribution is -2.27. The number of nitrogens with one attached hydrogen (secondary N) is 2. The smallest absolute Gasteiger partial charge is 0.339 e. The van der Waals surface area contributed by atoms with Gasteiger partial charge >= 0.3 is 5.97 Å². The molecule has 1 aromatic rings. The molecular formula is C13H17N3O3. The van der Waals surface area contributed by atoms with Crippen LogP contribution < -0.4 is 10.6 Å². The van der Waals surface area contributed by atoms with Gasteiger partial charge in [-0.05, 0) is 25.8 Å². The van der Waals surface area contributed by atoms with E-state index in [1.165, 1.54) is 6.20 Å². The fourth-order valence-corrected chi connectivity index (χ4v) is 1.71. The number of hydrogen-bond donors (Lipinski definition) is 3. The molecule has 0 atom stereocenters. The summed E-state index contributed by atoms with van der Waals surface area (Å²) >= 11 is 0. The largest absolute Gasteiger partial charge is 0.478 e. The first-order valence-corrected chi connectivity index (χ1v) is 6.29. The summed E-state index contributed by atoms with van der Waals surface area (Å²) in [5.74, 6) is -1.03. The summed E-state index contributed by atoms with van der Waals surface area (Å²) in [5.41, 5.74) is 1.35. The molecule has 2 rings (SSSR count). The Bertz CT molecular complexity index is 498. The minimum atomic E-state index is -1.03. The molecular weight excluding hydrogens is 246 g/mol. The van der Waals surface area contributed by atoms with Gasteiger partial charge in [0.05, 0.1) is 5.69 Å². The van der Waals surface area contributed by atoms with Crippen LogP contribution in [0, 0.1) is 6.92 Å². The SMILES string of the molecule is Cc1cc(NCCC(=O)NC2CC2)c(C(=O)O)cn1. The van der Waals surface area contributed by atoms with Crippen molar-refractivity contribution in [3.8, 4) is 0 Å². The number of pyridine rings is 1. The third-order valence-corrected chi connectivity index (χ3v) is 2.88. The first-order chi connectivity index (χ1) is 9.06. The highest BCUT2D eigenvalue weighted by Crippen LogP contribution is 2.19. The van der Waals surface area contributed by atoms with Crippen LogP contribution in [0.15, 0.2) is 12.3 Å². The molecule has 1 aliphatic rings. The van der Waals surface area contributed by atoms with Crippen molar-refractivity contribution in [1.29, 1.82) is 0 Å².